The minimum absolute atomic E-state index is 0.116. The van der Waals surface area contributed by atoms with Gasteiger partial charge in [0.2, 0.25) is 0 Å². The second-order valence-corrected chi connectivity index (χ2v) is 8.11. The Balaban J connectivity index is 1.38. The maximum absolute atomic E-state index is 14.1. The zero-order valence-corrected chi connectivity index (χ0v) is 16.1. The number of nitrogen functional groups attached to an aromatic ring is 1. The summed E-state index contributed by atoms with van der Waals surface area (Å²) in [5.74, 6) is 0.0767. The highest BCUT2D eigenvalue weighted by atomic mass is 19.4. The molecule has 2 saturated heterocycles. The molecule has 0 unspecified atom stereocenters. The Hall–Kier alpha value is -2.28. The van der Waals surface area contributed by atoms with Gasteiger partial charge in [0.15, 0.2) is 0 Å². The number of hydrogen-bond donors (Lipinski definition) is 2. The van der Waals surface area contributed by atoms with Crippen molar-refractivity contribution in [3.8, 4) is 0 Å². The lowest BCUT2D eigenvalue weighted by atomic mass is 9.82. The maximum Gasteiger partial charge on any atom is 0.416 e. The molecule has 0 saturated carbocycles. The van der Waals surface area contributed by atoms with E-state index in [-0.39, 0.29) is 23.5 Å². The fourth-order valence-corrected chi connectivity index (χ4v) is 4.69. The summed E-state index contributed by atoms with van der Waals surface area (Å²) in [6.45, 7) is 1.73. The van der Waals surface area contributed by atoms with Crippen LogP contribution in [0.25, 0.3) is 0 Å². The van der Waals surface area contributed by atoms with Crippen molar-refractivity contribution in [2.24, 2.45) is 0 Å². The molecule has 2 aromatic rings. The van der Waals surface area contributed by atoms with Crippen LogP contribution in [0.15, 0.2) is 42.5 Å². The first-order valence-corrected chi connectivity index (χ1v) is 10.0. The molecule has 3 N–H and O–H groups in total. The third-order valence-electron chi connectivity index (χ3n) is 6.22. The van der Waals surface area contributed by atoms with E-state index in [2.05, 4.69) is 10.2 Å². The Morgan fingerprint density at radius 1 is 1.03 bits per heavy atom. The van der Waals surface area contributed by atoms with Gasteiger partial charge in [0.1, 0.15) is 5.82 Å². The second-order valence-electron chi connectivity index (χ2n) is 8.11. The van der Waals surface area contributed by atoms with E-state index in [4.69, 9.17) is 5.73 Å². The zero-order valence-electron chi connectivity index (χ0n) is 16.1. The molecule has 3 atom stereocenters. The molecule has 2 aliphatic rings. The molecule has 2 aromatic carbocycles. The minimum Gasteiger partial charge on any atom is -0.397 e. The van der Waals surface area contributed by atoms with Gasteiger partial charge in [0.25, 0.3) is 0 Å². The summed E-state index contributed by atoms with van der Waals surface area (Å²) in [7, 11) is 0. The molecule has 0 radical (unpaired) electrons. The number of rotatable bonds is 3. The van der Waals surface area contributed by atoms with Crippen LogP contribution < -0.4 is 11.1 Å². The standard InChI is InChI=1S/C22H25F4N3/c23-19-4-2-1-3-18(19)14-5-7-17-12-16(9-10-29(17)13-14)28-21-8-6-15(11-20(21)27)22(24,25)26/h1-4,6,8,11,14,16-17,28H,5,7,9-10,12-13,27H2/t14-,16+,17+/m0/s1. The molecule has 0 amide bonds. The van der Waals surface area contributed by atoms with Crippen molar-refractivity contribution >= 4 is 11.4 Å². The number of benzene rings is 2. The summed E-state index contributed by atoms with van der Waals surface area (Å²) in [6, 6.07) is 11.0. The van der Waals surface area contributed by atoms with Crippen molar-refractivity contribution < 1.29 is 17.6 Å². The number of nitrogens with zero attached hydrogens (tertiary/aromatic N) is 1. The van der Waals surface area contributed by atoms with Crippen LogP contribution in [-0.4, -0.2) is 30.1 Å². The van der Waals surface area contributed by atoms with E-state index in [1.807, 2.05) is 12.1 Å². The Morgan fingerprint density at radius 3 is 2.55 bits per heavy atom. The van der Waals surface area contributed by atoms with Gasteiger partial charge in [-0.15, -0.1) is 0 Å². The number of nitrogens with two attached hydrogens (primary N) is 1. The van der Waals surface area contributed by atoms with Gasteiger partial charge in [0, 0.05) is 25.2 Å². The van der Waals surface area contributed by atoms with E-state index in [1.165, 1.54) is 12.1 Å². The van der Waals surface area contributed by atoms with Crippen LogP contribution in [0.3, 0.4) is 0 Å². The van der Waals surface area contributed by atoms with E-state index >= 15 is 0 Å². The smallest absolute Gasteiger partial charge is 0.397 e. The van der Waals surface area contributed by atoms with Crippen molar-refractivity contribution in [1.29, 1.82) is 0 Å². The zero-order chi connectivity index (χ0) is 20.6. The summed E-state index contributed by atoms with van der Waals surface area (Å²) in [6.07, 6.45) is -0.683. The van der Waals surface area contributed by atoms with Crippen molar-refractivity contribution in [3.05, 3.63) is 59.4 Å². The second kappa shape index (κ2) is 7.86. The highest BCUT2D eigenvalue weighted by molar-refractivity contribution is 5.67. The van der Waals surface area contributed by atoms with Crippen LogP contribution in [-0.2, 0) is 6.18 Å². The molecule has 7 heteroatoms. The normalized spacial score (nSPS) is 25.4. The van der Waals surface area contributed by atoms with E-state index in [1.54, 1.807) is 6.07 Å². The number of fused-ring (bicyclic) bond motifs is 1. The lowest BCUT2D eigenvalue weighted by molar-refractivity contribution is -0.137. The Kier molecular flexibility index (Phi) is 5.42. The van der Waals surface area contributed by atoms with Gasteiger partial charge in [-0.2, -0.15) is 13.2 Å². The van der Waals surface area contributed by atoms with Crippen LogP contribution in [0.5, 0.6) is 0 Å². The molecule has 0 aliphatic carbocycles. The fourth-order valence-electron chi connectivity index (χ4n) is 4.69. The monoisotopic (exact) mass is 407 g/mol. The number of nitrogens with one attached hydrogen (secondary N) is 1. The lowest BCUT2D eigenvalue weighted by Gasteiger charge is -2.45. The quantitative estimate of drug-likeness (QED) is 0.539. The molecule has 0 aromatic heterocycles. The summed E-state index contributed by atoms with van der Waals surface area (Å²) < 4.78 is 52.6. The molecule has 2 fully saturated rings. The average Bonchev–Trinajstić information content (AvgIpc) is 2.69. The first-order chi connectivity index (χ1) is 13.8. The van der Waals surface area contributed by atoms with E-state index in [0.29, 0.717) is 11.7 Å². The topological polar surface area (TPSA) is 41.3 Å². The first kappa shape index (κ1) is 20.0. The van der Waals surface area contributed by atoms with E-state index in [9.17, 15) is 17.6 Å². The van der Waals surface area contributed by atoms with Gasteiger partial charge in [-0.3, -0.25) is 4.90 Å². The van der Waals surface area contributed by atoms with E-state index in [0.717, 1.165) is 56.5 Å². The third kappa shape index (κ3) is 4.34. The van der Waals surface area contributed by atoms with Crippen molar-refractivity contribution in [1.82, 2.24) is 4.90 Å². The predicted octanol–water partition coefficient (Wildman–Crippen LogP) is 5.25. The van der Waals surface area contributed by atoms with Crippen LogP contribution >= 0.6 is 0 Å². The van der Waals surface area contributed by atoms with Gasteiger partial charge in [0.05, 0.1) is 16.9 Å². The Labute approximate surface area is 167 Å². The number of hydrogen-bond acceptors (Lipinski definition) is 3. The number of halogens is 4. The molecule has 4 rings (SSSR count). The lowest BCUT2D eigenvalue weighted by Crippen LogP contribution is -2.50. The summed E-state index contributed by atoms with van der Waals surface area (Å²) in [5, 5.41) is 3.33. The summed E-state index contributed by atoms with van der Waals surface area (Å²) >= 11 is 0. The molecule has 2 aliphatic heterocycles. The molecule has 0 bridgehead atoms. The summed E-state index contributed by atoms with van der Waals surface area (Å²) in [5.41, 5.74) is 6.58. The highest BCUT2D eigenvalue weighted by Gasteiger charge is 2.35. The fraction of sp³-hybridized carbons (Fsp3) is 0.455. The Bertz CT molecular complexity index is 867. The van der Waals surface area contributed by atoms with Gasteiger partial charge >= 0.3 is 6.18 Å². The molecule has 0 spiro atoms. The van der Waals surface area contributed by atoms with Crippen LogP contribution in [0.2, 0.25) is 0 Å². The molecular weight excluding hydrogens is 382 g/mol. The molecule has 29 heavy (non-hydrogen) atoms. The minimum atomic E-state index is -4.39. The SMILES string of the molecule is Nc1cc(C(F)(F)F)ccc1N[C@@H]1CCN2C[C@@H](c3ccccc3F)CC[C@@H]2C1. The van der Waals surface area contributed by atoms with Crippen molar-refractivity contribution in [2.45, 2.75) is 49.9 Å². The van der Waals surface area contributed by atoms with Gasteiger partial charge in [-0.05, 0) is 61.4 Å². The molecule has 3 nitrogen and oxygen atoms in total. The number of piperidine rings is 2. The Morgan fingerprint density at radius 2 is 1.83 bits per heavy atom. The number of anilines is 2. The third-order valence-corrected chi connectivity index (χ3v) is 6.22. The molecule has 156 valence electrons. The summed E-state index contributed by atoms with van der Waals surface area (Å²) in [4.78, 5) is 2.43. The molecular formula is C22H25F4N3. The van der Waals surface area contributed by atoms with Gasteiger partial charge in [-0.1, -0.05) is 18.2 Å². The predicted molar refractivity (Wildman–Crippen MR) is 106 cm³/mol. The maximum atomic E-state index is 14.1. The van der Waals surface area contributed by atoms with Crippen LogP contribution in [0, 0.1) is 5.82 Å². The highest BCUT2D eigenvalue weighted by Crippen LogP contribution is 2.37. The van der Waals surface area contributed by atoms with Gasteiger partial charge in [-0.25, -0.2) is 4.39 Å². The van der Waals surface area contributed by atoms with Crippen LogP contribution in [0.1, 0.15) is 42.7 Å². The van der Waals surface area contributed by atoms with Gasteiger partial charge < -0.3 is 11.1 Å². The van der Waals surface area contributed by atoms with E-state index < -0.39 is 11.7 Å². The van der Waals surface area contributed by atoms with Crippen molar-refractivity contribution in [3.63, 3.8) is 0 Å². The largest absolute Gasteiger partial charge is 0.416 e. The van der Waals surface area contributed by atoms with Crippen LogP contribution in [0.4, 0.5) is 28.9 Å². The number of alkyl halides is 3. The molecule has 2 heterocycles. The first-order valence-electron chi connectivity index (χ1n) is 10.0. The van der Waals surface area contributed by atoms with Crippen molar-refractivity contribution in [2.75, 3.05) is 24.1 Å². The average molecular weight is 407 g/mol.